The average Bonchev–Trinajstić information content (AvgIpc) is 2.94. The highest BCUT2D eigenvalue weighted by Gasteiger charge is 2.49. The number of fused-ring (bicyclic) bond motifs is 1. The lowest BCUT2D eigenvalue weighted by Crippen LogP contribution is -2.02. The number of rotatable bonds is 3. The standard InChI is InChI=1S/C16H18N2/c1-5-13-14(6-2)18(4)16(17-13)12-9-7-8-11-10(3)15(11)12/h5-11,15H,1-2H2,3-4H3. The molecular weight excluding hydrogens is 220 g/mol. The second-order valence-electron chi connectivity index (χ2n) is 5.14. The Bertz CT molecular complexity index is 586. The van der Waals surface area contributed by atoms with Crippen LogP contribution in [0, 0.1) is 17.8 Å². The predicted molar refractivity (Wildman–Crippen MR) is 76.7 cm³/mol. The molecule has 2 nitrogen and oxygen atoms in total. The molecule has 0 aromatic carbocycles. The van der Waals surface area contributed by atoms with Crippen LogP contribution in [0.5, 0.6) is 0 Å². The van der Waals surface area contributed by atoms with Gasteiger partial charge in [-0.1, -0.05) is 38.3 Å². The Morgan fingerprint density at radius 2 is 2.11 bits per heavy atom. The normalized spacial score (nSPS) is 28.6. The van der Waals surface area contributed by atoms with Crippen LogP contribution in [0.1, 0.15) is 24.1 Å². The van der Waals surface area contributed by atoms with E-state index in [9.17, 15) is 0 Å². The van der Waals surface area contributed by atoms with Crippen LogP contribution < -0.4 is 0 Å². The van der Waals surface area contributed by atoms with Crippen molar-refractivity contribution < 1.29 is 0 Å². The fraction of sp³-hybridized carbons (Fsp3) is 0.312. The summed E-state index contributed by atoms with van der Waals surface area (Å²) in [5.41, 5.74) is 3.32. The molecule has 1 heterocycles. The van der Waals surface area contributed by atoms with Gasteiger partial charge in [0, 0.05) is 7.05 Å². The molecule has 0 radical (unpaired) electrons. The number of hydrogen-bond donors (Lipinski definition) is 0. The molecule has 1 fully saturated rings. The number of imidazole rings is 1. The summed E-state index contributed by atoms with van der Waals surface area (Å²) in [7, 11) is 2.05. The largest absolute Gasteiger partial charge is 0.327 e. The van der Waals surface area contributed by atoms with E-state index in [1.54, 1.807) is 6.08 Å². The lowest BCUT2D eigenvalue weighted by Gasteiger charge is -2.09. The van der Waals surface area contributed by atoms with E-state index in [1.165, 1.54) is 5.57 Å². The quantitative estimate of drug-likeness (QED) is 0.787. The van der Waals surface area contributed by atoms with E-state index in [1.807, 2.05) is 13.1 Å². The van der Waals surface area contributed by atoms with Crippen LogP contribution in [-0.2, 0) is 7.05 Å². The molecule has 3 unspecified atom stereocenters. The molecule has 1 aromatic heterocycles. The second-order valence-corrected chi connectivity index (χ2v) is 5.14. The van der Waals surface area contributed by atoms with E-state index in [2.05, 4.69) is 42.9 Å². The SMILES string of the molecule is C=Cc1nc(C2=CC=CC3C(C)C23)n(C)c1C=C. The minimum atomic E-state index is 0.645. The molecule has 0 saturated heterocycles. The molecule has 3 atom stereocenters. The molecule has 0 spiro atoms. The minimum absolute atomic E-state index is 0.645. The predicted octanol–water partition coefficient (Wildman–Crippen LogP) is 3.54. The maximum atomic E-state index is 4.71. The van der Waals surface area contributed by atoms with Gasteiger partial charge in [0.15, 0.2) is 0 Å². The maximum Gasteiger partial charge on any atom is 0.137 e. The molecule has 0 aliphatic heterocycles. The zero-order chi connectivity index (χ0) is 12.9. The van der Waals surface area contributed by atoms with Crippen molar-refractivity contribution >= 4 is 17.7 Å². The van der Waals surface area contributed by atoms with Gasteiger partial charge in [0.1, 0.15) is 5.82 Å². The van der Waals surface area contributed by atoms with Crippen LogP contribution in [0.15, 0.2) is 31.4 Å². The summed E-state index contributed by atoms with van der Waals surface area (Å²) in [4.78, 5) is 4.71. The van der Waals surface area contributed by atoms with Crippen molar-refractivity contribution in [2.45, 2.75) is 6.92 Å². The Balaban J connectivity index is 2.10. The van der Waals surface area contributed by atoms with Gasteiger partial charge >= 0.3 is 0 Å². The Kier molecular flexibility index (Phi) is 2.40. The number of nitrogens with zero attached hydrogens (tertiary/aromatic N) is 2. The average molecular weight is 238 g/mol. The van der Waals surface area contributed by atoms with Crippen molar-refractivity contribution in [1.82, 2.24) is 9.55 Å². The number of allylic oxidation sites excluding steroid dienone is 4. The van der Waals surface area contributed by atoms with Crippen LogP contribution in [-0.4, -0.2) is 9.55 Å². The summed E-state index contributed by atoms with van der Waals surface area (Å²) in [6, 6.07) is 0. The van der Waals surface area contributed by atoms with Crippen molar-refractivity contribution in [3.63, 3.8) is 0 Å². The van der Waals surface area contributed by atoms with E-state index in [0.29, 0.717) is 11.8 Å². The minimum Gasteiger partial charge on any atom is -0.327 e. The molecule has 18 heavy (non-hydrogen) atoms. The van der Waals surface area contributed by atoms with Gasteiger partial charge in [-0.3, -0.25) is 0 Å². The molecule has 92 valence electrons. The van der Waals surface area contributed by atoms with Crippen LogP contribution in [0.2, 0.25) is 0 Å². The third-order valence-electron chi connectivity index (χ3n) is 4.23. The maximum absolute atomic E-state index is 4.71. The van der Waals surface area contributed by atoms with E-state index >= 15 is 0 Å². The highest BCUT2D eigenvalue weighted by molar-refractivity contribution is 5.73. The smallest absolute Gasteiger partial charge is 0.137 e. The van der Waals surface area contributed by atoms with E-state index in [0.717, 1.165) is 23.1 Å². The summed E-state index contributed by atoms with van der Waals surface area (Å²) in [5.74, 6) is 3.15. The monoisotopic (exact) mass is 238 g/mol. The van der Waals surface area contributed by atoms with Gasteiger partial charge < -0.3 is 4.57 Å². The summed E-state index contributed by atoms with van der Waals surface area (Å²) < 4.78 is 2.12. The van der Waals surface area contributed by atoms with Crippen LogP contribution in [0.25, 0.3) is 17.7 Å². The van der Waals surface area contributed by atoms with Crippen molar-refractivity contribution in [1.29, 1.82) is 0 Å². The topological polar surface area (TPSA) is 17.8 Å². The van der Waals surface area contributed by atoms with Gasteiger partial charge in [-0.2, -0.15) is 0 Å². The molecular formula is C16H18N2. The first-order valence-corrected chi connectivity index (χ1v) is 6.39. The van der Waals surface area contributed by atoms with Crippen molar-refractivity contribution in [3.8, 4) is 0 Å². The molecule has 2 heteroatoms. The van der Waals surface area contributed by atoms with Gasteiger partial charge in [0.25, 0.3) is 0 Å². The fourth-order valence-corrected chi connectivity index (χ4v) is 3.08. The highest BCUT2D eigenvalue weighted by Crippen LogP contribution is 2.56. The molecule has 1 aromatic rings. The molecule has 0 bridgehead atoms. The van der Waals surface area contributed by atoms with E-state index in [-0.39, 0.29) is 0 Å². The molecule has 0 N–H and O–H groups in total. The molecule has 0 amide bonds. The van der Waals surface area contributed by atoms with Crippen molar-refractivity contribution in [2.24, 2.45) is 24.8 Å². The molecule has 2 aliphatic carbocycles. The Morgan fingerprint density at radius 3 is 2.72 bits per heavy atom. The van der Waals surface area contributed by atoms with Gasteiger partial charge in [0.05, 0.1) is 11.4 Å². The lowest BCUT2D eigenvalue weighted by molar-refractivity contribution is 0.843. The zero-order valence-corrected chi connectivity index (χ0v) is 10.9. The van der Waals surface area contributed by atoms with Crippen molar-refractivity contribution in [3.05, 3.63) is 48.6 Å². The van der Waals surface area contributed by atoms with Gasteiger partial charge in [-0.15, -0.1) is 0 Å². The third kappa shape index (κ3) is 1.38. The summed E-state index contributed by atoms with van der Waals surface area (Å²) in [5, 5.41) is 0. The van der Waals surface area contributed by atoms with E-state index in [4.69, 9.17) is 4.98 Å². The zero-order valence-electron chi connectivity index (χ0n) is 10.9. The second kappa shape index (κ2) is 3.84. The molecule has 3 rings (SSSR count). The number of hydrogen-bond acceptors (Lipinski definition) is 1. The van der Waals surface area contributed by atoms with Gasteiger partial charge in [0.2, 0.25) is 0 Å². The Hall–Kier alpha value is -1.83. The van der Waals surface area contributed by atoms with E-state index < -0.39 is 0 Å². The van der Waals surface area contributed by atoms with Gasteiger partial charge in [-0.25, -0.2) is 4.98 Å². The Labute approximate surface area is 108 Å². The van der Waals surface area contributed by atoms with Crippen LogP contribution >= 0.6 is 0 Å². The highest BCUT2D eigenvalue weighted by atomic mass is 15.1. The van der Waals surface area contributed by atoms with Crippen molar-refractivity contribution in [2.75, 3.05) is 0 Å². The summed E-state index contributed by atoms with van der Waals surface area (Å²) in [6.07, 6.45) is 10.3. The van der Waals surface area contributed by atoms with Crippen LogP contribution in [0.3, 0.4) is 0 Å². The lowest BCUT2D eigenvalue weighted by atomic mass is 10.0. The summed E-state index contributed by atoms with van der Waals surface area (Å²) in [6.45, 7) is 10.00. The number of aromatic nitrogens is 2. The molecule has 2 aliphatic rings. The first kappa shape index (κ1) is 11.3. The molecule has 1 saturated carbocycles. The summed E-state index contributed by atoms with van der Waals surface area (Å²) >= 11 is 0. The first-order chi connectivity index (χ1) is 8.69. The van der Waals surface area contributed by atoms with Crippen LogP contribution in [0.4, 0.5) is 0 Å². The third-order valence-corrected chi connectivity index (χ3v) is 4.23. The Morgan fingerprint density at radius 1 is 1.33 bits per heavy atom. The van der Waals surface area contributed by atoms with Gasteiger partial charge in [-0.05, 0) is 35.5 Å². The first-order valence-electron chi connectivity index (χ1n) is 6.39. The fourth-order valence-electron chi connectivity index (χ4n) is 3.08.